The molecular weight excluding hydrogens is 439 g/mol. The highest BCUT2D eigenvalue weighted by Gasteiger charge is 2.29. The van der Waals surface area contributed by atoms with E-state index in [4.69, 9.17) is 28.3 Å². The summed E-state index contributed by atoms with van der Waals surface area (Å²) in [4.78, 5) is 22.6. The number of carboxylic acids is 1. The van der Waals surface area contributed by atoms with E-state index >= 15 is 0 Å². The van der Waals surface area contributed by atoms with Crippen molar-refractivity contribution in [2.75, 3.05) is 19.6 Å². The first-order chi connectivity index (χ1) is 13.6. The van der Waals surface area contributed by atoms with Crippen LogP contribution >= 0.6 is 23.2 Å². The van der Waals surface area contributed by atoms with Crippen molar-refractivity contribution >= 4 is 45.1 Å². The van der Waals surface area contributed by atoms with Gasteiger partial charge >= 0.3 is 5.97 Å². The van der Waals surface area contributed by atoms with Crippen LogP contribution in [0.15, 0.2) is 47.4 Å². The van der Waals surface area contributed by atoms with E-state index in [-0.39, 0.29) is 16.5 Å². The molecule has 0 heterocycles. The Bertz CT molecular complexity index is 997. The van der Waals surface area contributed by atoms with E-state index in [9.17, 15) is 18.0 Å². The van der Waals surface area contributed by atoms with E-state index in [1.54, 1.807) is 6.92 Å². The maximum atomic E-state index is 13.2. The number of nitrogens with one attached hydrogen (secondary N) is 1. The molecule has 156 valence electrons. The number of nitrogens with zero attached hydrogens (tertiary/aromatic N) is 1. The van der Waals surface area contributed by atoms with Gasteiger partial charge in [0.15, 0.2) is 0 Å². The summed E-state index contributed by atoms with van der Waals surface area (Å²) in [7, 11) is -4.14. The van der Waals surface area contributed by atoms with Gasteiger partial charge in [-0.1, -0.05) is 53.5 Å². The van der Waals surface area contributed by atoms with Gasteiger partial charge in [-0.3, -0.25) is 9.59 Å². The average molecular weight is 459 g/mol. The number of aliphatic carboxylic acids is 1. The van der Waals surface area contributed by atoms with Crippen LogP contribution in [0.25, 0.3) is 0 Å². The first-order valence-corrected chi connectivity index (χ1v) is 10.8. The van der Waals surface area contributed by atoms with Crippen molar-refractivity contribution in [2.24, 2.45) is 0 Å². The van der Waals surface area contributed by atoms with Crippen molar-refractivity contribution in [2.45, 2.75) is 18.2 Å². The number of amides is 1. The van der Waals surface area contributed by atoms with Crippen molar-refractivity contribution < 1.29 is 23.1 Å². The Hall–Kier alpha value is -2.13. The average Bonchev–Trinajstić information content (AvgIpc) is 2.68. The molecule has 0 bridgehead atoms. The summed E-state index contributed by atoms with van der Waals surface area (Å²) in [6.07, 6.45) is 0.358. The molecule has 0 aliphatic carbocycles. The van der Waals surface area contributed by atoms with E-state index in [2.05, 4.69) is 5.32 Å². The lowest BCUT2D eigenvalue weighted by Gasteiger charge is -2.23. The Morgan fingerprint density at radius 1 is 1.10 bits per heavy atom. The van der Waals surface area contributed by atoms with Crippen LogP contribution < -0.4 is 5.32 Å². The van der Waals surface area contributed by atoms with E-state index in [0.29, 0.717) is 17.0 Å². The summed E-state index contributed by atoms with van der Waals surface area (Å²) in [5.74, 6) is -1.96. The molecule has 0 aliphatic rings. The molecule has 0 spiro atoms. The van der Waals surface area contributed by atoms with E-state index in [1.165, 1.54) is 12.1 Å². The minimum atomic E-state index is -4.14. The summed E-state index contributed by atoms with van der Waals surface area (Å²) < 4.78 is 27.4. The Morgan fingerprint density at radius 2 is 1.76 bits per heavy atom. The topological polar surface area (TPSA) is 104 Å². The van der Waals surface area contributed by atoms with Gasteiger partial charge in [0.25, 0.3) is 0 Å². The number of carbonyl (C=O) groups excluding carboxylic acids is 1. The van der Waals surface area contributed by atoms with Crippen molar-refractivity contribution in [3.8, 4) is 0 Å². The van der Waals surface area contributed by atoms with Crippen LogP contribution in [0.3, 0.4) is 0 Å². The van der Waals surface area contributed by atoms with Gasteiger partial charge in [-0.25, -0.2) is 8.42 Å². The highest BCUT2D eigenvalue weighted by Crippen LogP contribution is 2.32. The zero-order valence-corrected chi connectivity index (χ0v) is 17.9. The standard InChI is InChI=1S/C19H20Cl2N2O5S/c1-13-15(20)7-8-16(19(13)21)29(27,28)23(12-17(24)22-11-18(25)26)10-9-14-5-3-2-4-6-14/h2-8H,9-12H2,1H3,(H,22,24)(H,25,26). The molecular formula is C19H20Cl2N2O5S. The minimum Gasteiger partial charge on any atom is -0.480 e. The maximum absolute atomic E-state index is 13.2. The molecule has 2 N–H and O–H groups in total. The van der Waals surface area contributed by atoms with Crippen LogP contribution in [-0.4, -0.2) is 49.3 Å². The highest BCUT2D eigenvalue weighted by atomic mass is 35.5. The first kappa shape index (κ1) is 23.2. The largest absolute Gasteiger partial charge is 0.480 e. The molecule has 0 atom stereocenters. The first-order valence-electron chi connectivity index (χ1n) is 8.60. The van der Waals surface area contributed by atoms with Crippen LogP contribution in [0.1, 0.15) is 11.1 Å². The van der Waals surface area contributed by atoms with Gasteiger partial charge < -0.3 is 10.4 Å². The van der Waals surface area contributed by atoms with Crippen molar-refractivity contribution in [3.05, 3.63) is 63.6 Å². The molecule has 2 aromatic rings. The number of benzene rings is 2. The Balaban J connectivity index is 2.32. The molecule has 29 heavy (non-hydrogen) atoms. The fourth-order valence-electron chi connectivity index (χ4n) is 2.55. The van der Waals surface area contributed by atoms with Crippen molar-refractivity contribution in [1.29, 1.82) is 0 Å². The second-order valence-corrected chi connectivity index (χ2v) is 8.92. The summed E-state index contributed by atoms with van der Waals surface area (Å²) in [6, 6.07) is 11.9. The monoisotopic (exact) mass is 458 g/mol. The number of sulfonamides is 1. The molecule has 0 saturated heterocycles. The fraction of sp³-hybridized carbons (Fsp3) is 0.263. The third-order valence-electron chi connectivity index (χ3n) is 4.15. The van der Waals surface area contributed by atoms with Crippen molar-refractivity contribution in [1.82, 2.24) is 9.62 Å². The summed E-state index contributed by atoms with van der Waals surface area (Å²) in [5, 5.41) is 11.2. The van der Waals surface area contributed by atoms with Crippen LogP contribution in [0, 0.1) is 6.92 Å². The van der Waals surface area contributed by atoms with Crippen LogP contribution in [-0.2, 0) is 26.0 Å². The van der Waals surface area contributed by atoms with Gasteiger partial charge in [0.2, 0.25) is 15.9 Å². The van der Waals surface area contributed by atoms with Crippen LogP contribution in [0.4, 0.5) is 0 Å². The maximum Gasteiger partial charge on any atom is 0.322 e. The van der Waals surface area contributed by atoms with E-state index < -0.39 is 35.0 Å². The summed E-state index contributed by atoms with van der Waals surface area (Å²) in [5.41, 5.74) is 1.30. The number of carbonyl (C=O) groups is 2. The van der Waals surface area contributed by atoms with E-state index in [0.717, 1.165) is 9.87 Å². The number of halogens is 2. The Morgan fingerprint density at radius 3 is 2.38 bits per heavy atom. The third-order valence-corrected chi connectivity index (χ3v) is 7.05. The Labute approximate surface area is 179 Å². The van der Waals surface area contributed by atoms with Gasteiger partial charge in [0.05, 0.1) is 11.6 Å². The lowest BCUT2D eigenvalue weighted by atomic mass is 10.1. The smallest absolute Gasteiger partial charge is 0.322 e. The van der Waals surface area contributed by atoms with E-state index in [1.807, 2.05) is 30.3 Å². The summed E-state index contributed by atoms with van der Waals surface area (Å²) >= 11 is 12.2. The van der Waals surface area contributed by atoms with Crippen LogP contribution in [0.2, 0.25) is 10.0 Å². The number of hydrogen-bond acceptors (Lipinski definition) is 4. The summed E-state index contributed by atoms with van der Waals surface area (Å²) in [6.45, 7) is 0.453. The number of carboxylic acid groups (broad SMARTS) is 1. The highest BCUT2D eigenvalue weighted by molar-refractivity contribution is 7.89. The third kappa shape index (κ3) is 6.17. The quantitative estimate of drug-likeness (QED) is 0.600. The minimum absolute atomic E-state index is 0.00480. The zero-order valence-electron chi connectivity index (χ0n) is 15.6. The molecule has 7 nitrogen and oxygen atoms in total. The second-order valence-electron chi connectivity index (χ2n) is 6.23. The van der Waals surface area contributed by atoms with Gasteiger partial charge in [-0.2, -0.15) is 4.31 Å². The molecule has 0 unspecified atom stereocenters. The number of rotatable bonds is 9. The zero-order chi connectivity index (χ0) is 21.6. The molecule has 2 aromatic carbocycles. The van der Waals surface area contributed by atoms with Gasteiger partial charge in [0, 0.05) is 11.6 Å². The molecule has 10 heteroatoms. The number of hydrogen-bond donors (Lipinski definition) is 2. The molecule has 0 fully saturated rings. The molecule has 1 amide bonds. The van der Waals surface area contributed by atoms with Gasteiger partial charge in [-0.05, 0) is 36.6 Å². The predicted molar refractivity (Wildman–Crippen MR) is 111 cm³/mol. The molecule has 0 aromatic heterocycles. The molecule has 0 radical (unpaired) electrons. The fourth-order valence-corrected chi connectivity index (χ4v) is 4.73. The Kier molecular flexibility index (Phi) is 8.04. The SMILES string of the molecule is Cc1c(Cl)ccc(S(=O)(=O)N(CCc2ccccc2)CC(=O)NCC(=O)O)c1Cl. The van der Waals surface area contributed by atoms with Gasteiger partial charge in [0.1, 0.15) is 11.4 Å². The van der Waals surface area contributed by atoms with Crippen LogP contribution in [0.5, 0.6) is 0 Å². The molecule has 2 rings (SSSR count). The molecule has 0 aliphatic heterocycles. The second kappa shape index (κ2) is 10.1. The normalized spacial score (nSPS) is 11.4. The predicted octanol–water partition coefficient (Wildman–Crippen LogP) is 2.74. The molecule has 0 saturated carbocycles. The van der Waals surface area contributed by atoms with Gasteiger partial charge in [-0.15, -0.1) is 0 Å². The lowest BCUT2D eigenvalue weighted by molar-refractivity contribution is -0.137. The lowest BCUT2D eigenvalue weighted by Crippen LogP contribution is -2.43. The van der Waals surface area contributed by atoms with Crippen molar-refractivity contribution in [3.63, 3.8) is 0 Å².